The summed E-state index contributed by atoms with van der Waals surface area (Å²) in [5.41, 5.74) is 1.71. The normalized spacial score (nSPS) is 29.5. The molecule has 0 saturated carbocycles. The van der Waals surface area contributed by atoms with E-state index < -0.39 is 0 Å². The summed E-state index contributed by atoms with van der Waals surface area (Å²) >= 11 is 0. The minimum absolute atomic E-state index is 0.753. The Kier molecular flexibility index (Phi) is 3.23. The van der Waals surface area contributed by atoms with Crippen LogP contribution in [0.3, 0.4) is 0 Å². The maximum absolute atomic E-state index is 3.43. The van der Waals surface area contributed by atoms with E-state index in [1.165, 1.54) is 51.4 Å². The smallest absolute Gasteiger partial charge is 0.00174 e. The van der Waals surface area contributed by atoms with Gasteiger partial charge in [-0.2, -0.15) is 0 Å². The topological polar surface area (TPSA) is 0 Å². The van der Waals surface area contributed by atoms with E-state index in [0.717, 1.165) is 5.92 Å². The zero-order chi connectivity index (χ0) is 8.93. The van der Waals surface area contributed by atoms with Gasteiger partial charge in [-0.05, 0) is 56.9 Å². The highest BCUT2D eigenvalue weighted by molar-refractivity contribution is 5.15. The largest absolute Gasteiger partial charge is 0.0847 e. The Labute approximate surface area is 81.7 Å². The Morgan fingerprint density at radius 1 is 1.15 bits per heavy atom. The van der Waals surface area contributed by atoms with Crippen LogP contribution < -0.4 is 0 Å². The molecule has 1 radical (unpaired) electrons. The number of hydrogen-bond acceptors (Lipinski definition) is 0. The van der Waals surface area contributed by atoms with Crippen molar-refractivity contribution in [3.05, 3.63) is 23.8 Å². The molecule has 1 unspecified atom stereocenters. The van der Waals surface area contributed by atoms with E-state index >= 15 is 0 Å². The third kappa shape index (κ3) is 2.46. The van der Waals surface area contributed by atoms with Crippen LogP contribution in [0.25, 0.3) is 0 Å². The minimum Gasteiger partial charge on any atom is -0.0847 e. The summed E-state index contributed by atoms with van der Waals surface area (Å²) in [4.78, 5) is 0. The van der Waals surface area contributed by atoms with Gasteiger partial charge in [0.25, 0.3) is 0 Å². The minimum atomic E-state index is 0.753. The molecule has 0 aromatic carbocycles. The second kappa shape index (κ2) is 4.64. The third-order valence-electron chi connectivity index (χ3n) is 3.21. The number of allylic oxidation sites excluding steroid dienone is 4. The summed E-state index contributed by atoms with van der Waals surface area (Å²) in [7, 11) is 0. The summed E-state index contributed by atoms with van der Waals surface area (Å²) in [5, 5.41) is 0. The first kappa shape index (κ1) is 9.05. The van der Waals surface area contributed by atoms with Gasteiger partial charge in [-0.25, -0.2) is 0 Å². The van der Waals surface area contributed by atoms with Gasteiger partial charge in [0, 0.05) is 0 Å². The van der Waals surface area contributed by atoms with E-state index in [0.29, 0.717) is 0 Å². The Hall–Kier alpha value is -0.520. The van der Waals surface area contributed by atoms with E-state index in [2.05, 4.69) is 18.2 Å². The fourth-order valence-electron chi connectivity index (χ4n) is 2.39. The molecule has 2 aliphatic rings. The molecular weight excluding hydrogens is 156 g/mol. The first-order valence-corrected chi connectivity index (χ1v) is 5.72. The monoisotopic (exact) mass is 175 g/mol. The molecule has 13 heavy (non-hydrogen) atoms. The fourth-order valence-corrected chi connectivity index (χ4v) is 2.39. The van der Waals surface area contributed by atoms with Crippen molar-refractivity contribution in [3.8, 4) is 0 Å². The second-order valence-corrected chi connectivity index (χ2v) is 4.25. The molecule has 0 spiro atoms. The lowest BCUT2D eigenvalue weighted by Gasteiger charge is -2.19. The standard InChI is InChI=1S/C13H19/c1-2-5-9-12(8-4-1)13-10-6-3-7-11-13/h9-10,12H,1-4,6-8,11H2. The molecular formula is C13H19. The molecule has 0 aromatic heterocycles. The van der Waals surface area contributed by atoms with Crippen molar-refractivity contribution in [3.63, 3.8) is 0 Å². The molecule has 0 bridgehead atoms. The molecule has 0 heterocycles. The highest BCUT2D eigenvalue weighted by Gasteiger charge is 2.14. The molecule has 0 heteroatoms. The predicted octanol–water partition coefficient (Wildman–Crippen LogP) is 4.04. The second-order valence-electron chi connectivity index (χ2n) is 4.25. The third-order valence-corrected chi connectivity index (χ3v) is 3.21. The summed E-state index contributed by atoms with van der Waals surface area (Å²) in [6, 6.07) is 0. The van der Waals surface area contributed by atoms with Gasteiger partial charge in [0.15, 0.2) is 0 Å². The molecule has 0 aliphatic heterocycles. The first-order valence-electron chi connectivity index (χ1n) is 5.72. The van der Waals surface area contributed by atoms with Crippen molar-refractivity contribution in [2.45, 2.75) is 51.4 Å². The van der Waals surface area contributed by atoms with E-state index in [1.807, 2.05) is 0 Å². The van der Waals surface area contributed by atoms with Crippen molar-refractivity contribution in [2.75, 3.05) is 0 Å². The first-order chi connectivity index (χ1) is 6.47. The molecule has 0 fully saturated rings. The summed E-state index contributed by atoms with van der Waals surface area (Å²) in [6.45, 7) is 0. The molecule has 0 N–H and O–H groups in total. The van der Waals surface area contributed by atoms with Gasteiger partial charge >= 0.3 is 0 Å². The average Bonchev–Trinajstić information content (AvgIpc) is 2.47. The Balaban J connectivity index is 2.00. The van der Waals surface area contributed by atoms with E-state index in [1.54, 1.807) is 5.57 Å². The maximum atomic E-state index is 3.43. The Morgan fingerprint density at radius 2 is 2.15 bits per heavy atom. The van der Waals surface area contributed by atoms with Gasteiger partial charge in [-0.3, -0.25) is 0 Å². The number of hydrogen-bond donors (Lipinski definition) is 0. The van der Waals surface area contributed by atoms with Gasteiger partial charge in [-0.15, -0.1) is 0 Å². The number of rotatable bonds is 1. The van der Waals surface area contributed by atoms with E-state index in [-0.39, 0.29) is 0 Å². The zero-order valence-electron chi connectivity index (χ0n) is 8.39. The van der Waals surface area contributed by atoms with Crippen LogP contribution in [-0.2, 0) is 0 Å². The van der Waals surface area contributed by atoms with Crippen LogP contribution in [0, 0.1) is 12.0 Å². The lowest BCUT2D eigenvalue weighted by molar-refractivity contribution is 0.571. The van der Waals surface area contributed by atoms with Crippen molar-refractivity contribution >= 4 is 0 Å². The molecule has 0 nitrogen and oxygen atoms in total. The quantitative estimate of drug-likeness (QED) is 0.528. The van der Waals surface area contributed by atoms with Gasteiger partial charge in [0.2, 0.25) is 0 Å². The molecule has 2 rings (SSSR count). The molecule has 0 aromatic rings. The van der Waals surface area contributed by atoms with Crippen LogP contribution in [0.4, 0.5) is 0 Å². The van der Waals surface area contributed by atoms with Gasteiger partial charge in [0.05, 0.1) is 0 Å². The SMILES string of the molecule is [C]1=CC(C2=CCCCC2)CCCC1. The fraction of sp³-hybridized carbons (Fsp3) is 0.692. The van der Waals surface area contributed by atoms with Gasteiger partial charge in [0.1, 0.15) is 0 Å². The Morgan fingerprint density at radius 3 is 3.00 bits per heavy atom. The van der Waals surface area contributed by atoms with Crippen molar-refractivity contribution < 1.29 is 0 Å². The van der Waals surface area contributed by atoms with E-state index in [9.17, 15) is 0 Å². The van der Waals surface area contributed by atoms with E-state index in [4.69, 9.17) is 0 Å². The van der Waals surface area contributed by atoms with Crippen LogP contribution in [-0.4, -0.2) is 0 Å². The van der Waals surface area contributed by atoms with Gasteiger partial charge in [-0.1, -0.05) is 24.1 Å². The van der Waals surface area contributed by atoms with Crippen LogP contribution >= 0.6 is 0 Å². The zero-order valence-corrected chi connectivity index (χ0v) is 8.39. The highest BCUT2D eigenvalue weighted by atomic mass is 14.2. The summed E-state index contributed by atoms with van der Waals surface area (Å²) < 4.78 is 0. The predicted molar refractivity (Wildman–Crippen MR) is 56.3 cm³/mol. The van der Waals surface area contributed by atoms with Crippen LogP contribution in [0.2, 0.25) is 0 Å². The van der Waals surface area contributed by atoms with Crippen molar-refractivity contribution in [1.29, 1.82) is 0 Å². The van der Waals surface area contributed by atoms with Crippen LogP contribution in [0.1, 0.15) is 51.4 Å². The van der Waals surface area contributed by atoms with Crippen molar-refractivity contribution in [1.82, 2.24) is 0 Å². The summed E-state index contributed by atoms with van der Waals surface area (Å²) in [6.07, 6.45) is 19.0. The molecule has 2 aliphatic carbocycles. The Bertz CT molecular complexity index is 210. The average molecular weight is 175 g/mol. The van der Waals surface area contributed by atoms with Crippen molar-refractivity contribution in [2.24, 2.45) is 5.92 Å². The van der Waals surface area contributed by atoms with Crippen LogP contribution in [0.15, 0.2) is 17.7 Å². The molecule has 0 amide bonds. The highest BCUT2D eigenvalue weighted by Crippen LogP contribution is 2.30. The molecule has 0 saturated heterocycles. The lowest BCUT2D eigenvalue weighted by atomic mass is 9.87. The van der Waals surface area contributed by atoms with Crippen LogP contribution in [0.5, 0.6) is 0 Å². The molecule has 71 valence electrons. The van der Waals surface area contributed by atoms with Gasteiger partial charge < -0.3 is 0 Å². The maximum Gasteiger partial charge on any atom is -0.00174 e. The lowest BCUT2D eigenvalue weighted by Crippen LogP contribution is -2.03. The molecule has 1 atom stereocenters. The summed E-state index contributed by atoms with van der Waals surface area (Å²) in [5.74, 6) is 0.753.